The van der Waals surface area contributed by atoms with Crippen LogP contribution in [0.5, 0.6) is 0 Å². The molecule has 0 aromatic carbocycles. The third-order valence-corrected chi connectivity index (χ3v) is 3.80. The summed E-state index contributed by atoms with van der Waals surface area (Å²) in [6.45, 7) is 8.57. The maximum atomic E-state index is 12.1. The second-order valence-electron chi connectivity index (χ2n) is 5.73. The van der Waals surface area contributed by atoms with E-state index in [1.54, 1.807) is 0 Å². The van der Waals surface area contributed by atoms with Crippen LogP contribution in [0.15, 0.2) is 0 Å². The van der Waals surface area contributed by atoms with Crippen molar-refractivity contribution in [2.24, 2.45) is 10.8 Å². The second-order valence-corrected chi connectivity index (χ2v) is 5.73. The molecule has 0 amide bonds. The molecule has 1 aliphatic carbocycles. The smallest absolute Gasteiger partial charge is 0.144 e. The Balaban J connectivity index is 2.55. The van der Waals surface area contributed by atoms with Crippen LogP contribution >= 0.6 is 0 Å². The van der Waals surface area contributed by atoms with E-state index in [-0.39, 0.29) is 10.8 Å². The van der Waals surface area contributed by atoms with Crippen LogP contribution in [-0.2, 0) is 4.79 Å². The summed E-state index contributed by atoms with van der Waals surface area (Å²) >= 11 is 0. The summed E-state index contributed by atoms with van der Waals surface area (Å²) in [5.41, 5.74) is -0.0559. The summed E-state index contributed by atoms with van der Waals surface area (Å²) < 4.78 is 0. The molecule has 0 aromatic heterocycles. The van der Waals surface area contributed by atoms with Crippen molar-refractivity contribution in [3.8, 4) is 0 Å². The molecule has 0 unspecified atom stereocenters. The topological polar surface area (TPSA) is 17.1 Å². The van der Waals surface area contributed by atoms with Gasteiger partial charge in [0.15, 0.2) is 0 Å². The summed E-state index contributed by atoms with van der Waals surface area (Å²) in [6, 6.07) is 0. The van der Waals surface area contributed by atoms with Crippen LogP contribution < -0.4 is 0 Å². The molecule has 0 spiro atoms. The van der Waals surface area contributed by atoms with E-state index in [0.717, 1.165) is 19.3 Å². The van der Waals surface area contributed by atoms with Crippen molar-refractivity contribution in [3.05, 3.63) is 0 Å². The summed E-state index contributed by atoms with van der Waals surface area (Å²) in [5.74, 6) is 0.501. The van der Waals surface area contributed by atoms with Crippen molar-refractivity contribution in [1.29, 1.82) is 0 Å². The Morgan fingerprint density at radius 2 is 1.79 bits per heavy atom. The molecule has 0 saturated heterocycles. The van der Waals surface area contributed by atoms with Crippen LogP contribution in [0.4, 0.5) is 0 Å². The molecule has 0 aliphatic heterocycles. The minimum atomic E-state index is -0.0546. The Morgan fingerprint density at radius 3 is 2.21 bits per heavy atom. The van der Waals surface area contributed by atoms with Crippen LogP contribution in [0.2, 0.25) is 0 Å². The molecule has 0 N–H and O–H groups in total. The average molecular weight is 196 g/mol. The Kier molecular flexibility index (Phi) is 3.39. The van der Waals surface area contributed by atoms with E-state index in [0.29, 0.717) is 5.78 Å². The van der Waals surface area contributed by atoms with Crippen molar-refractivity contribution in [3.63, 3.8) is 0 Å². The zero-order valence-corrected chi connectivity index (χ0v) is 10.2. The third-order valence-electron chi connectivity index (χ3n) is 3.80. The van der Waals surface area contributed by atoms with Gasteiger partial charge in [-0.15, -0.1) is 0 Å². The molecule has 1 nitrogen and oxygen atoms in total. The van der Waals surface area contributed by atoms with Crippen molar-refractivity contribution < 1.29 is 4.79 Å². The number of hydrogen-bond donors (Lipinski definition) is 0. The molecule has 1 aliphatic rings. The van der Waals surface area contributed by atoms with Crippen LogP contribution in [-0.4, -0.2) is 5.78 Å². The monoisotopic (exact) mass is 196 g/mol. The van der Waals surface area contributed by atoms with E-state index in [9.17, 15) is 4.79 Å². The van der Waals surface area contributed by atoms with E-state index >= 15 is 0 Å². The number of carbonyl (C=O) groups excluding carboxylic acids is 1. The zero-order chi connectivity index (χ0) is 10.8. The summed E-state index contributed by atoms with van der Waals surface area (Å²) in [6.07, 6.45) is 7.01. The van der Waals surface area contributed by atoms with Gasteiger partial charge in [-0.25, -0.2) is 0 Å². The van der Waals surface area contributed by atoms with Crippen LogP contribution in [0.25, 0.3) is 0 Å². The van der Waals surface area contributed by atoms with Crippen LogP contribution in [0, 0.1) is 10.8 Å². The molecule has 0 heterocycles. The lowest BCUT2D eigenvalue weighted by Crippen LogP contribution is -2.29. The van der Waals surface area contributed by atoms with Gasteiger partial charge in [-0.05, 0) is 19.3 Å². The largest absolute Gasteiger partial charge is 0.298 e. The fourth-order valence-electron chi connectivity index (χ4n) is 2.64. The van der Waals surface area contributed by atoms with Gasteiger partial charge in [0, 0.05) is 10.8 Å². The van der Waals surface area contributed by atoms with Gasteiger partial charge in [-0.2, -0.15) is 0 Å². The molecule has 14 heavy (non-hydrogen) atoms. The molecule has 1 atom stereocenters. The first kappa shape index (κ1) is 11.7. The van der Waals surface area contributed by atoms with E-state index in [1.165, 1.54) is 19.3 Å². The first-order chi connectivity index (χ1) is 6.42. The average Bonchev–Trinajstić information content (AvgIpc) is 2.32. The Labute approximate surface area is 88.3 Å². The highest BCUT2D eigenvalue weighted by Crippen LogP contribution is 2.48. The third kappa shape index (κ3) is 2.18. The number of unbranched alkanes of at least 4 members (excludes halogenated alkanes) is 2. The van der Waals surface area contributed by atoms with E-state index in [4.69, 9.17) is 0 Å². The zero-order valence-electron chi connectivity index (χ0n) is 10.2. The first-order valence-electron chi connectivity index (χ1n) is 5.97. The molecule has 0 bridgehead atoms. The van der Waals surface area contributed by atoms with E-state index < -0.39 is 0 Å². The lowest BCUT2D eigenvalue weighted by atomic mass is 9.78. The van der Waals surface area contributed by atoms with Crippen molar-refractivity contribution in [2.45, 2.75) is 66.2 Å². The predicted molar refractivity (Wildman–Crippen MR) is 60.3 cm³/mol. The SMILES string of the molecule is CCCCC[C@@]1(C)CCC(C)(C)C1=O. The fraction of sp³-hybridized carbons (Fsp3) is 0.923. The van der Waals surface area contributed by atoms with Gasteiger partial charge in [0.1, 0.15) is 5.78 Å². The van der Waals surface area contributed by atoms with Gasteiger partial charge < -0.3 is 0 Å². The Hall–Kier alpha value is -0.330. The van der Waals surface area contributed by atoms with Gasteiger partial charge >= 0.3 is 0 Å². The van der Waals surface area contributed by atoms with Gasteiger partial charge in [0.25, 0.3) is 0 Å². The number of hydrogen-bond acceptors (Lipinski definition) is 1. The maximum absolute atomic E-state index is 12.1. The highest BCUT2D eigenvalue weighted by molar-refractivity contribution is 5.91. The first-order valence-corrected chi connectivity index (χ1v) is 5.97. The quantitative estimate of drug-likeness (QED) is 0.622. The molecule has 1 saturated carbocycles. The van der Waals surface area contributed by atoms with Crippen LogP contribution in [0.3, 0.4) is 0 Å². The van der Waals surface area contributed by atoms with E-state index in [1.807, 2.05) is 0 Å². The maximum Gasteiger partial charge on any atom is 0.144 e. The number of Topliss-reactive ketones (excluding diaryl/α,β-unsaturated/α-hetero) is 1. The molecule has 1 rings (SSSR count). The summed E-state index contributed by atoms with van der Waals surface area (Å²) in [5, 5.41) is 0. The molecule has 0 radical (unpaired) electrons. The van der Waals surface area contributed by atoms with Crippen LogP contribution in [0.1, 0.15) is 66.2 Å². The van der Waals surface area contributed by atoms with Gasteiger partial charge in [0.2, 0.25) is 0 Å². The Bertz CT molecular complexity index is 217. The molecule has 1 heteroatoms. The minimum Gasteiger partial charge on any atom is -0.298 e. The molecule has 82 valence electrons. The van der Waals surface area contributed by atoms with E-state index in [2.05, 4.69) is 27.7 Å². The molecule has 0 aromatic rings. The lowest BCUT2D eigenvalue weighted by Gasteiger charge is -2.24. The fourth-order valence-corrected chi connectivity index (χ4v) is 2.64. The van der Waals surface area contributed by atoms with Crippen molar-refractivity contribution in [1.82, 2.24) is 0 Å². The summed E-state index contributed by atoms with van der Waals surface area (Å²) in [4.78, 5) is 12.1. The number of ketones is 1. The highest BCUT2D eigenvalue weighted by atomic mass is 16.1. The number of carbonyl (C=O) groups is 1. The molecule has 1 fully saturated rings. The summed E-state index contributed by atoms with van der Waals surface area (Å²) in [7, 11) is 0. The second kappa shape index (κ2) is 4.04. The van der Waals surface area contributed by atoms with Gasteiger partial charge in [-0.1, -0.05) is 47.0 Å². The van der Waals surface area contributed by atoms with Gasteiger partial charge in [0.05, 0.1) is 0 Å². The number of rotatable bonds is 4. The minimum absolute atomic E-state index is 0.00132. The molecular formula is C13H24O. The lowest BCUT2D eigenvalue weighted by molar-refractivity contribution is -0.132. The Morgan fingerprint density at radius 1 is 1.14 bits per heavy atom. The van der Waals surface area contributed by atoms with Crippen molar-refractivity contribution in [2.75, 3.05) is 0 Å². The van der Waals surface area contributed by atoms with Gasteiger partial charge in [-0.3, -0.25) is 4.79 Å². The van der Waals surface area contributed by atoms with Crippen molar-refractivity contribution >= 4 is 5.78 Å². The standard InChI is InChI=1S/C13H24O/c1-5-6-7-8-13(4)10-9-12(2,3)11(13)14/h5-10H2,1-4H3/t13-/m0/s1. The predicted octanol–water partition coefficient (Wildman–Crippen LogP) is 3.96. The highest BCUT2D eigenvalue weighted by Gasteiger charge is 2.47. The normalized spacial score (nSPS) is 31.0. The molecular weight excluding hydrogens is 172 g/mol.